The number of rotatable bonds is 4. The van der Waals surface area contributed by atoms with Crippen LogP contribution in [0.15, 0.2) is 170 Å². The molecule has 0 N–H and O–H groups in total. The topological polar surface area (TPSA) is 35.6 Å². The van der Waals surface area contributed by atoms with Crippen LogP contribution in [0.3, 0.4) is 0 Å². The first-order valence-electron chi connectivity index (χ1n) is 18.3. The average molecular weight is 679 g/mol. The maximum Gasteiger partial charge on any atom is 0.162 e. The maximum absolute atomic E-state index is 5.34. The zero-order valence-corrected chi connectivity index (χ0v) is 29.5. The fourth-order valence-electron chi connectivity index (χ4n) is 8.88. The molecule has 0 fully saturated rings. The zero-order valence-electron chi connectivity index (χ0n) is 29.5. The Hall–Kier alpha value is -6.78. The molecule has 0 saturated heterocycles. The van der Waals surface area contributed by atoms with Crippen LogP contribution in [0.1, 0.15) is 25.0 Å². The third-order valence-electron chi connectivity index (χ3n) is 11.4. The Kier molecular flexibility index (Phi) is 6.27. The standard InChI is InChI=1S/C49H34N4/c1-49(2)39-23-11-6-18-32(39)37-28-38-35-21-9-12-24-42(35)52(46(38)29-40(37)49)45-27-15-10-22-36(45)41-30-47(51-48(50-41)31-16-4-3-5-17-31)53-43-25-13-7-19-33(43)34-20-8-14-26-44(34)53/h3-30H,1-2H3. The molecular weight excluding hydrogens is 645 g/mol. The number of benzene rings is 7. The average Bonchev–Trinajstić information content (AvgIpc) is 3.80. The van der Waals surface area contributed by atoms with Crippen LogP contribution in [0.2, 0.25) is 0 Å². The van der Waals surface area contributed by atoms with Crippen LogP contribution in [-0.2, 0) is 5.41 Å². The first-order valence-corrected chi connectivity index (χ1v) is 18.3. The van der Waals surface area contributed by atoms with Gasteiger partial charge in [0.1, 0.15) is 5.82 Å². The van der Waals surface area contributed by atoms with E-state index in [2.05, 4.69) is 187 Å². The molecule has 0 aliphatic heterocycles. The number of fused-ring (bicyclic) bond motifs is 9. The highest BCUT2D eigenvalue weighted by molar-refractivity contribution is 6.12. The van der Waals surface area contributed by atoms with Gasteiger partial charge in [0.15, 0.2) is 5.82 Å². The molecule has 3 aromatic heterocycles. The van der Waals surface area contributed by atoms with Gasteiger partial charge in [-0.1, -0.05) is 141 Å². The third-order valence-corrected chi connectivity index (χ3v) is 11.4. The fraction of sp³-hybridized carbons (Fsp3) is 0.0612. The summed E-state index contributed by atoms with van der Waals surface area (Å²) in [5, 5.41) is 4.89. The van der Waals surface area contributed by atoms with Gasteiger partial charge in [-0.3, -0.25) is 4.57 Å². The minimum atomic E-state index is -0.116. The largest absolute Gasteiger partial charge is 0.309 e. The number of nitrogens with zero attached hydrogens (tertiary/aromatic N) is 4. The molecule has 0 unspecified atom stereocenters. The number of hydrogen-bond acceptors (Lipinski definition) is 2. The van der Waals surface area contributed by atoms with E-state index in [4.69, 9.17) is 9.97 Å². The van der Waals surface area contributed by atoms with Crippen LogP contribution in [0, 0.1) is 0 Å². The lowest BCUT2D eigenvalue weighted by Crippen LogP contribution is -2.15. The summed E-state index contributed by atoms with van der Waals surface area (Å²) in [6, 6.07) is 60.9. The summed E-state index contributed by atoms with van der Waals surface area (Å²) in [4.78, 5) is 10.6. The normalized spacial score (nSPS) is 13.2. The summed E-state index contributed by atoms with van der Waals surface area (Å²) < 4.78 is 4.73. The van der Waals surface area contributed by atoms with Gasteiger partial charge in [-0.05, 0) is 58.7 Å². The predicted molar refractivity (Wildman–Crippen MR) is 219 cm³/mol. The van der Waals surface area contributed by atoms with E-state index in [1.54, 1.807) is 0 Å². The molecule has 0 spiro atoms. The molecule has 11 rings (SSSR count). The van der Waals surface area contributed by atoms with Gasteiger partial charge >= 0.3 is 0 Å². The van der Waals surface area contributed by atoms with Crippen molar-refractivity contribution >= 4 is 43.6 Å². The SMILES string of the molecule is CC1(C)c2ccccc2-c2cc3c4ccccc4n(-c4ccccc4-c4cc(-n5c6ccccc6c6ccccc65)nc(-c5ccccc5)n4)c3cc21. The summed E-state index contributed by atoms with van der Waals surface area (Å²) >= 11 is 0. The van der Waals surface area contributed by atoms with Crippen molar-refractivity contribution in [2.24, 2.45) is 0 Å². The smallest absolute Gasteiger partial charge is 0.162 e. The molecule has 3 heterocycles. The second-order valence-corrected chi connectivity index (χ2v) is 14.6. The van der Waals surface area contributed by atoms with Crippen molar-refractivity contribution in [1.82, 2.24) is 19.1 Å². The van der Waals surface area contributed by atoms with Crippen LogP contribution < -0.4 is 0 Å². The van der Waals surface area contributed by atoms with E-state index in [1.165, 1.54) is 54.8 Å². The van der Waals surface area contributed by atoms with E-state index >= 15 is 0 Å². The second kappa shape index (κ2) is 11.1. The van der Waals surface area contributed by atoms with Crippen molar-refractivity contribution in [3.8, 4) is 45.3 Å². The van der Waals surface area contributed by atoms with E-state index in [0.29, 0.717) is 5.82 Å². The van der Waals surface area contributed by atoms with Gasteiger partial charge in [0, 0.05) is 44.2 Å². The van der Waals surface area contributed by atoms with Gasteiger partial charge in [0.2, 0.25) is 0 Å². The summed E-state index contributed by atoms with van der Waals surface area (Å²) in [7, 11) is 0. The molecular formula is C49H34N4. The Morgan fingerprint density at radius 3 is 1.70 bits per heavy atom. The zero-order chi connectivity index (χ0) is 35.3. The van der Waals surface area contributed by atoms with E-state index in [0.717, 1.165) is 39.4 Å². The Balaban J connectivity index is 1.20. The van der Waals surface area contributed by atoms with Crippen molar-refractivity contribution < 1.29 is 0 Å². The molecule has 0 amide bonds. The lowest BCUT2D eigenvalue weighted by Gasteiger charge is -2.22. The van der Waals surface area contributed by atoms with Gasteiger partial charge in [-0.15, -0.1) is 0 Å². The molecule has 4 nitrogen and oxygen atoms in total. The summed E-state index contributed by atoms with van der Waals surface area (Å²) in [5.74, 6) is 1.52. The second-order valence-electron chi connectivity index (χ2n) is 14.6. The van der Waals surface area contributed by atoms with Crippen molar-refractivity contribution in [2.75, 3.05) is 0 Å². The van der Waals surface area contributed by atoms with Crippen molar-refractivity contribution in [2.45, 2.75) is 19.3 Å². The van der Waals surface area contributed by atoms with Crippen molar-refractivity contribution in [1.29, 1.82) is 0 Å². The highest BCUT2D eigenvalue weighted by atomic mass is 15.1. The molecule has 250 valence electrons. The van der Waals surface area contributed by atoms with Gasteiger partial charge < -0.3 is 4.57 Å². The molecule has 1 aliphatic rings. The molecule has 1 aliphatic carbocycles. The molecule has 10 aromatic rings. The molecule has 4 heteroatoms. The first kappa shape index (κ1) is 29.9. The van der Waals surface area contributed by atoms with Crippen LogP contribution in [0.5, 0.6) is 0 Å². The van der Waals surface area contributed by atoms with Gasteiger partial charge in [-0.25, -0.2) is 9.97 Å². The first-order chi connectivity index (χ1) is 26.1. The molecule has 0 saturated carbocycles. The summed E-state index contributed by atoms with van der Waals surface area (Å²) in [5.41, 5.74) is 13.8. The van der Waals surface area contributed by atoms with Crippen LogP contribution >= 0.6 is 0 Å². The Morgan fingerprint density at radius 1 is 0.415 bits per heavy atom. The van der Waals surface area contributed by atoms with Gasteiger partial charge in [-0.2, -0.15) is 0 Å². The number of aromatic nitrogens is 4. The monoisotopic (exact) mass is 678 g/mol. The van der Waals surface area contributed by atoms with E-state index in [1.807, 2.05) is 6.07 Å². The molecule has 0 radical (unpaired) electrons. The van der Waals surface area contributed by atoms with Crippen molar-refractivity contribution in [3.05, 3.63) is 181 Å². The molecule has 7 aromatic carbocycles. The van der Waals surface area contributed by atoms with Crippen LogP contribution in [-0.4, -0.2) is 19.1 Å². The maximum atomic E-state index is 5.34. The van der Waals surface area contributed by atoms with E-state index in [9.17, 15) is 0 Å². The summed E-state index contributed by atoms with van der Waals surface area (Å²) in [6.07, 6.45) is 0. The quantitative estimate of drug-likeness (QED) is 0.186. The Morgan fingerprint density at radius 2 is 0.981 bits per heavy atom. The fourth-order valence-corrected chi connectivity index (χ4v) is 8.88. The van der Waals surface area contributed by atoms with Crippen LogP contribution in [0.4, 0.5) is 0 Å². The van der Waals surface area contributed by atoms with Crippen LogP contribution in [0.25, 0.3) is 88.9 Å². The van der Waals surface area contributed by atoms with Gasteiger partial charge in [0.25, 0.3) is 0 Å². The number of para-hydroxylation sites is 4. The van der Waals surface area contributed by atoms with Gasteiger partial charge in [0.05, 0.1) is 33.4 Å². The molecule has 0 atom stereocenters. The predicted octanol–water partition coefficient (Wildman–Crippen LogP) is 12.3. The van der Waals surface area contributed by atoms with Crippen molar-refractivity contribution in [3.63, 3.8) is 0 Å². The lowest BCUT2D eigenvalue weighted by molar-refractivity contribution is 0.661. The third kappa shape index (κ3) is 4.30. The minimum Gasteiger partial charge on any atom is -0.309 e. The summed E-state index contributed by atoms with van der Waals surface area (Å²) in [6.45, 7) is 4.71. The molecule has 0 bridgehead atoms. The minimum absolute atomic E-state index is 0.116. The number of hydrogen-bond donors (Lipinski definition) is 0. The highest BCUT2D eigenvalue weighted by Crippen LogP contribution is 2.51. The van der Waals surface area contributed by atoms with E-state index < -0.39 is 0 Å². The lowest BCUT2D eigenvalue weighted by atomic mass is 9.82. The van der Waals surface area contributed by atoms with E-state index in [-0.39, 0.29) is 5.41 Å². The highest BCUT2D eigenvalue weighted by Gasteiger charge is 2.36. The Bertz CT molecular complexity index is 3040. The molecule has 53 heavy (non-hydrogen) atoms. The Labute approximate surface area is 307 Å².